The Bertz CT molecular complexity index is 998. The van der Waals surface area contributed by atoms with Gasteiger partial charge in [-0.25, -0.2) is 4.79 Å². The standard InChI is InChI=1S/C24H28O11/c1-23-18-22(31-10-9-24(18,30)19(29)20(23)35-23)34-21-17(28)16(27)15(26)13(33-21)11-32-14(25)8-7-12-5-3-2-4-6-12/h2-10,13,15-22,26-30H,11H2,1H3/b8-7+/t13-,15-,16+,17-,18-,19-,20+,21-,22+,23-,24+/m1/s1. The first-order valence-electron chi connectivity index (χ1n) is 11.3. The second-order valence-electron chi connectivity index (χ2n) is 9.36. The second kappa shape index (κ2) is 8.95. The van der Waals surface area contributed by atoms with E-state index in [-0.39, 0.29) is 0 Å². The van der Waals surface area contributed by atoms with E-state index in [0.717, 1.165) is 5.56 Å². The summed E-state index contributed by atoms with van der Waals surface area (Å²) in [6.45, 7) is 1.27. The fourth-order valence-electron chi connectivity index (χ4n) is 5.10. The summed E-state index contributed by atoms with van der Waals surface area (Å²) in [7, 11) is 0. The van der Waals surface area contributed by atoms with E-state index in [0.29, 0.717) is 0 Å². The maximum Gasteiger partial charge on any atom is 0.330 e. The number of hydrogen-bond acceptors (Lipinski definition) is 11. The summed E-state index contributed by atoms with van der Waals surface area (Å²) >= 11 is 0. The third-order valence-corrected chi connectivity index (χ3v) is 7.12. The van der Waals surface area contributed by atoms with Gasteiger partial charge in [0, 0.05) is 6.08 Å². The lowest BCUT2D eigenvalue weighted by molar-refractivity contribution is -0.350. The summed E-state index contributed by atoms with van der Waals surface area (Å²) in [6.07, 6.45) is -5.40. The monoisotopic (exact) mass is 492 g/mol. The van der Waals surface area contributed by atoms with Crippen molar-refractivity contribution in [3.8, 4) is 0 Å². The fourth-order valence-corrected chi connectivity index (χ4v) is 5.10. The van der Waals surface area contributed by atoms with Crippen molar-refractivity contribution in [2.24, 2.45) is 5.92 Å². The highest BCUT2D eigenvalue weighted by molar-refractivity contribution is 5.87. The molecule has 0 spiro atoms. The number of aliphatic hydroxyl groups excluding tert-OH is 4. The van der Waals surface area contributed by atoms with Gasteiger partial charge in [0.15, 0.2) is 6.29 Å². The predicted octanol–water partition coefficient (Wildman–Crippen LogP) is -1.18. The third kappa shape index (κ3) is 4.17. The van der Waals surface area contributed by atoms with Crippen LogP contribution < -0.4 is 0 Å². The summed E-state index contributed by atoms with van der Waals surface area (Å²) < 4.78 is 27.6. The van der Waals surface area contributed by atoms with Gasteiger partial charge in [-0.3, -0.25) is 0 Å². The van der Waals surface area contributed by atoms with Crippen LogP contribution in [0.15, 0.2) is 48.7 Å². The van der Waals surface area contributed by atoms with E-state index < -0.39 is 78.9 Å². The molecule has 0 bridgehead atoms. The number of fused-ring (bicyclic) bond motifs is 3. The minimum atomic E-state index is -1.68. The van der Waals surface area contributed by atoms with Gasteiger partial charge < -0.3 is 49.2 Å². The SMILES string of the molecule is C[C@]12O[C@H]1[C@@H](O)[C@]1(O)C=CO[C@@H](O[C@H]3O[C@H](COC(=O)/C=C/c4ccccc4)[C@@H](O)[C@H](O)[C@H]3O)[C@@H]12. The zero-order valence-electron chi connectivity index (χ0n) is 18.8. The van der Waals surface area contributed by atoms with Crippen molar-refractivity contribution < 1.29 is 54.0 Å². The van der Waals surface area contributed by atoms with E-state index >= 15 is 0 Å². The topological polar surface area (TPSA) is 168 Å². The first kappa shape index (κ1) is 24.3. The van der Waals surface area contributed by atoms with Gasteiger partial charge in [-0.05, 0) is 24.6 Å². The van der Waals surface area contributed by atoms with Crippen LogP contribution in [0.1, 0.15) is 12.5 Å². The smallest absolute Gasteiger partial charge is 0.330 e. The number of aliphatic hydroxyl groups is 5. The average molecular weight is 492 g/mol. The number of benzene rings is 1. The van der Waals surface area contributed by atoms with Gasteiger partial charge in [0.05, 0.1) is 12.2 Å². The molecule has 35 heavy (non-hydrogen) atoms. The van der Waals surface area contributed by atoms with Crippen LogP contribution in [0.5, 0.6) is 0 Å². The molecule has 3 aliphatic heterocycles. The molecule has 3 heterocycles. The number of hydrogen-bond donors (Lipinski definition) is 5. The molecule has 5 N–H and O–H groups in total. The van der Waals surface area contributed by atoms with Crippen molar-refractivity contribution in [3.05, 3.63) is 54.3 Å². The molecule has 1 aromatic rings. The minimum absolute atomic E-state index is 0.427. The Labute approximate surface area is 200 Å². The molecule has 2 saturated heterocycles. The molecular formula is C24H28O11. The van der Waals surface area contributed by atoms with Gasteiger partial charge in [-0.1, -0.05) is 30.3 Å². The predicted molar refractivity (Wildman–Crippen MR) is 116 cm³/mol. The quantitative estimate of drug-likeness (QED) is 0.184. The number of carbonyl (C=O) groups is 1. The van der Waals surface area contributed by atoms with Crippen LogP contribution in [0, 0.1) is 5.92 Å². The summed E-state index contributed by atoms with van der Waals surface area (Å²) in [6, 6.07) is 9.09. The number of esters is 1. The second-order valence-corrected chi connectivity index (χ2v) is 9.36. The zero-order chi connectivity index (χ0) is 25.0. The van der Waals surface area contributed by atoms with Crippen LogP contribution in [0.4, 0.5) is 0 Å². The molecule has 0 unspecified atom stereocenters. The van der Waals surface area contributed by atoms with Crippen molar-refractivity contribution in [1.29, 1.82) is 0 Å². The summed E-state index contributed by atoms with van der Waals surface area (Å²) in [5.74, 6) is -1.56. The van der Waals surface area contributed by atoms with Crippen LogP contribution in [-0.2, 0) is 28.5 Å². The van der Waals surface area contributed by atoms with Crippen LogP contribution in [0.2, 0.25) is 0 Å². The Morgan fingerprint density at radius 2 is 1.83 bits per heavy atom. The number of rotatable bonds is 6. The average Bonchev–Trinajstić information content (AvgIpc) is 3.49. The normalized spacial score (nSPS) is 46.1. The highest BCUT2D eigenvalue weighted by atomic mass is 16.8. The molecule has 11 heteroatoms. The van der Waals surface area contributed by atoms with Crippen molar-refractivity contribution in [2.45, 2.75) is 67.3 Å². The third-order valence-electron chi connectivity index (χ3n) is 7.12. The van der Waals surface area contributed by atoms with Crippen LogP contribution in [-0.4, -0.2) is 98.5 Å². The molecule has 1 aliphatic carbocycles. The molecule has 1 aromatic carbocycles. The molecule has 0 amide bonds. The summed E-state index contributed by atoms with van der Waals surface area (Å²) in [5, 5.41) is 52.6. The molecule has 0 aromatic heterocycles. The van der Waals surface area contributed by atoms with Crippen LogP contribution in [0.25, 0.3) is 6.08 Å². The first-order valence-corrected chi connectivity index (χ1v) is 11.3. The highest BCUT2D eigenvalue weighted by Gasteiger charge is 2.79. The Morgan fingerprint density at radius 1 is 1.09 bits per heavy atom. The van der Waals surface area contributed by atoms with E-state index in [1.807, 2.05) is 18.2 Å². The molecule has 5 rings (SSSR count). The van der Waals surface area contributed by atoms with Crippen molar-refractivity contribution in [2.75, 3.05) is 6.61 Å². The van der Waals surface area contributed by atoms with Crippen molar-refractivity contribution in [3.63, 3.8) is 0 Å². The molecule has 11 nitrogen and oxygen atoms in total. The van der Waals surface area contributed by atoms with E-state index in [1.165, 1.54) is 18.4 Å². The molecule has 11 atom stereocenters. The van der Waals surface area contributed by atoms with Gasteiger partial charge in [0.1, 0.15) is 54.4 Å². The number of ether oxygens (including phenoxy) is 5. The Balaban J connectivity index is 1.23. The first-order chi connectivity index (χ1) is 16.6. The lowest BCUT2D eigenvalue weighted by atomic mass is 9.82. The lowest BCUT2D eigenvalue weighted by Gasteiger charge is -2.45. The maximum absolute atomic E-state index is 12.1. The van der Waals surface area contributed by atoms with Gasteiger partial charge in [0.25, 0.3) is 0 Å². The summed E-state index contributed by atoms with van der Waals surface area (Å²) in [4.78, 5) is 12.1. The minimum Gasteiger partial charge on any atom is -0.472 e. The molecule has 1 saturated carbocycles. The van der Waals surface area contributed by atoms with Crippen molar-refractivity contribution >= 4 is 12.0 Å². The van der Waals surface area contributed by atoms with Gasteiger partial charge >= 0.3 is 5.97 Å². The van der Waals surface area contributed by atoms with E-state index in [1.54, 1.807) is 25.1 Å². The fraction of sp³-hybridized carbons (Fsp3) is 0.542. The zero-order valence-corrected chi connectivity index (χ0v) is 18.8. The van der Waals surface area contributed by atoms with Gasteiger partial charge in [-0.2, -0.15) is 0 Å². The summed E-state index contributed by atoms with van der Waals surface area (Å²) in [5.41, 5.74) is -1.82. The van der Waals surface area contributed by atoms with E-state index in [4.69, 9.17) is 23.7 Å². The Kier molecular flexibility index (Phi) is 6.22. The molecule has 3 fully saturated rings. The Hall–Kier alpha value is -2.35. The van der Waals surface area contributed by atoms with E-state index in [2.05, 4.69) is 0 Å². The largest absolute Gasteiger partial charge is 0.472 e. The van der Waals surface area contributed by atoms with Crippen LogP contribution >= 0.6 is 0 Å². The van der Waals surface area contributed by atoms with Gasteiger partial charge in [0.2, 0.25) is 6.29 Å². The Morgan fingerprint density at radius 3 is 2.57 bits per heavy atom. The van der Waals surface area contributed by atoms with Gasteiger partial charge in [-0.15, -0.1) is 0 Å². The molecule has 0 radical (unpaired) electrons. The lowest BCUT2D eigenvalue weighted by Crippen LogP contribution is -2.62. The van der Waals surface area contributed by atoms with E-state index in [9.17, 15) is 30.3 Å². The molecular weight excluding hydrogens is 464 g/mol. The number of carbonyl (C=O) groups excluding carboxylic acids is 1. The number of epoxide rings is 1. The van der Waals surface area contributed by atoms with Crippen LogP contribution in [0.3, 0.4) is 0 Å². The highest BCUT2D eigenvalue weighted by Crippen LogP contribution is 2.61. The molecule has 190 valence electrons. The maximum atomic E-state index is 12.1. The molecule has 4 aliphatic rings. The van der Waals surface area contributed by atoms with Crippen molar-refractivity contribution in [1.82, 2.24) is 0 Å².